The van der Waals surface area contributed by atoms with Crippen LogP contribution < -0.4 is 5.69 Å². The fourth-order valence-electron chi connectivity index (χ4n) is 1.48. The Labute approximate surface area is 84.8 Å². The van der Waals surface area contributed by atoms with Crippen molar-refractivity contribution in [1.29, 1.82) is 0 Å². The van der Waals surface area contributed by atoms with E-state index in [1.165, 1.54) is 0 Å². The highest BCUT2D eigenvalue weighted by Gasteiger charge is 2.07. The first kappa shape index (κ1) is 9.14. The van der Waals surface area contributed by atoms with Gasteiger partial charge in [-0.3, -0.25) is 0 Å². The molecule has 2 heterocycles. The van der Waals surface area contributed by atoms with Crippen LogP contribution in [0.3, 0.4) is 0 Å². The average Bonchev–Trinajstić information content (AvgIpc) is 2.41. The van der Waals surface area contributed by atoms with Gasteiger partial charge in [-0.15, -0.1) is 0 Å². The fourth-order valence-corrected chi connectivity index (χ4v) is 1.80. The number of hydrogen-bond donors (Lipinski definition) is 2. The van der Waals surface area contributed by atoms with E-state index in [0.717, 1.165) is 11.2 Å². The van der Waals surface area contributed by atoms with Crippen molar-refractivity contribution in [1.82, 2.24) is 19.5 Å². The molecule has 0 saturated carbocycles. The molecule has 0 fully saturated rings. The molecule has 2 rings (SSSR count). The first-order valence-corrected chi connectivity index (χ1v) is 4.73. The van der Waals surface area contributed by atoms with E-state index in [1.807, 2.05) is 13.8 Å². The second kappa shape index (κ2) is 3.06. The van der Waals surface area contributed by atoms with Gasteiger partial charge in [-0.2, -0.15) is 4.98 Å². The number of aryl methyl sites for hydroxylation is 2. The minimum Gasteiger partial charge on any atom is -0.328 e. The summed E-state index contributed by atoms with van der Waals surface area (Å²) in [5, 5.41) is 0. The summed E-state index contributed by atoms with van der Waals surface area (Å²) in [6.07, 6.45) is 0. The minimum atomic E-state index is -0.341. The predicted octanol–water partition coefficient (Wildman–Crippen LogP) is 1.11. The van der Waals surface area contributed by atoms with Gasteiger partial charge < -0.3 is 14.5 Å². The summed E-state index contributed by atoms with van der Waals surface area (Å²) in [6.45, 7) is 4.48. The van der Waals surface area contributed by atoms with Gasteiger partial charge in [0.2, 0.25) is 0 Å². The van der Waals surface area contributed by atoms with Crippen molar-refractivity contribution in [2.75, 3.05) is 0 Å². The van der Waals surface area contributed by atoms with Crippen LogP contribution in [0.15, 0.2) is 4.79 Å². The second-order valence-corrected chi connectivity index (χ2v) is 3.43. The molecule has 0 spiro atoms. The zero-order chi connectivity index (χ0) is 10.3. The molecular weight excluding hydrogens is 200 g/mol. The van der Waals surface area contributed by atoms with Crippen LogP contribution in [0.25, 0.3) is 11.2 Å². The molecule has 0 aliphatic rings. The van der Waals surface area contributed by atoms with Crippen LogP contribution in [0.2, 0.25) is 0 Å². The molecule has 74 valence electrons. The molecule has 0 unspecified atom stereocenters. The average molecular weight is 210 g/mol. The lowest BCUT2D eigenvalue weighted by molar-refractivity contribution is 0.763. The Balaban J connectivity index is 3.02. The first-order chi connectivity index (χ1) is 6.63. The van der Waals surface area contributed by atoms with Gasteiger partial charge in [-0.1, -0.05) is 0 Å². The van der Waals surface area contributed by atoms with Gasteiger partial charge in [0.25, 0.3) is 0 Å². The largest absolute Gasteiger partial charge is 0.347 e. The molecule has 0 radical (unpaired) electrons. The van der Waals surface area contributed by atoms with Gasteiger partial charge in [-0.25, -0.2) is 4.79 Å². The molecule has 0 aliphatic heterocycles. The summed E-state index contributed by atoms with van der Waals surface area (Å²) in [7, 11) is 0. The number of rotatable bonds is 1. The maximum Gasteiger partial charge on any atom is 0.347 e. The predicted molar refractivity (Wildman–Crippen MR) is 55.9 cm³/mol. The van der Waals surface area contributed by atoms with Crippen LogP contribution in [-0.2, 0) is 6.54 Å². The number of aromatic nitrogens is 4. The van der Waals surface area contributed by atoms with E-state index >= 15 is 0 Å². The van der Waals surface area contributed by atoms with Crippen molar-refractivity contribution < 1.29 is 0 Å². The molecule has 0 aliphatic carbocycles. The van der Waals surface area contributed by atoms with Crippen molar-refractivity contribution in [3.63, 3.8) is 0 Å². The molecule has 2 N–H and O–H groups in total. The van der Waals surface area contributed by atoms with Crippen LogP contribution in [0.1, 0.15) is 12.6 Å². The Morgan fingerprint density at radius 2 is 2.21 bits per heavy atom. The van der Waals surface area contributed by atoms with E-state index in [2.05, 4.69) is 15.0 Å². The number of imidazole rings is 1. The van der Waals surface area contributed by atoms with Gasteiger partial charge in [0, 0.05) is 12.2 Å². The number of hydrogen-bond acceptors (Lipinski definition) is 3. The van der Waals surface area contributed by atoms with Crippen molar-refractivity contribution in [3.8, 4) is 0 Å². The maximum atomic E-state index is 11.2. The lowest BCUT2D eigenvalue weighted by atomic mass is 10.4. The Morgan fingerprint density at radius 3 is 2.86 bits per heavy atom. The number of nitrogens with zero attached hydrogens (tertiary/aromatic N) is 2. The zero-order valence-corrected chi connectivity index (χ0v) is 8.73. The van der Waals surface area contributed by atoms with Crippen LogP contribution in [-0.4, -0.2) is 19.5 Å². The van der Waals surface area contributed by atoms with Crippen molar-refractivity contribution >= 4 is 23.4 Å². The maximum absolute atomic E-state index is 11.2. The molecule has 14 heavy (non-hydrogen) atoms. The highest BCUT2D eigenvalue weighted by Crippen LogP contribution is 2.11. The number of H-pyrrole nitrogens is 2. The quantitative estimate of drug-likeness (QED) is 0.693. The van der Waals surface area contributed by atoms with Crippen molar-refractivity contribution in [2.45, 2.75) is 20.4 Å². The molecule has 6 heteroatoms. The molecule has 5 nitrogen and oxygen atoms in total. The van der Waals surface area contributed by atoms with Gasteiger partial charge in [-0.05, 0) is 26.1 Å². The molecule has 0 bridgehead atoms. The molecule has 0 amide bonds. The molecule has 0 aromatic carbocycles. The van der Waals surface area contributed by atoms with Gasteiger partial charge in [0.15, 0.2) is 10.4 Å². The van der Waals surface area contributed by atoms with Crippen molar-refractivity contribution in [3.05, 3.63) is 20.9 Å². The molecule has 2 aromatic rings. The normalized spacial score (nSPS) is 11.0. The van der Waals surface area contributed by atoms with Crippen molar-refractivity contribution in [2.24, 2.45) is 0 Å². The lowest BCUT2D eigenvalue weighted by Crippen LogP contribution is -2.12. The van der Waals surface area contributed by atoms with E-state index in [4.69, 9.17) is 12.2 Å². The van der Waals surface area contributed by atoms with Crippen LogP contribution in [0.4, 0.5) is 0 Å². The highest BCUT2D eigenvalue weighted by molar-refractivity contribution is 7.71. The topological polar surface area (TPSA) is 66.5 Å². The fraction of sp³-hybridized carbons (Fsp3) is 0.375. The summed E-state index contributed by atoms with van der Waals surface area (Å²) in [6, 6.07) is 0. The molecule has 0 atom stereocenters. The summed E-state index contributed by atoms with van der Waals surface area (Å²) >= 11 is 5.11. The Bertz CT molecular complexity index is 591. The third-order valence-corrected chi connectivity index (χ3v) is 2.47. The smallest absolute Gasteiger partial charge is 0.328 e. The first-order valence-electron chi connectivity index (χ1n) is 4.33. The third kappa shape index (κ3) is 1.19. The SMILES string of the molecule is CCn1c(=S)[nH]c2c(C)[nH]c(=O)nc21. The zero-order valence-electron chi connectivity index (χ0n) is 7.92. The molecule has 0 saturated heterocycles. The molecule has 2 aromatic heterocycles. The van der Waals surface area contributed by atoms with Crippen LogP contribution >= 0.6 is 12.2 Å². The number of nitrogens with one attached hydrogen (secondary N) is 2. The second-order valence-electron chi connectivity index (χ2n) is 3.04. The monoisotopic (exact) mass is 210 g/mol. The Morgan fingerprint density at radius 1 is 1.50 bits per heavy atom. The summed E-state index contributed by atoms with van der Waals surface area (Å²) in [5.74, 6) is 0. The standard InChI is InChI=1S/C8H10N4OS/c1-3-12-6-5(10-8(12)14)4(2)9-7(13)11-6/h3H2,1-2H3,(H,10,14)(H,9,11,13). The summed E-state index contributed by atoms with van der Waals surface area (Å²) in [5.41, 5.74) is 1.85. The Kier molecular flexibility index (Phi) is 1.99. The minimum absolute atomic E-state index is 0.341. The summed E-state index contributed by atoms with van der Waals surface area (Å²) in [4.78, 5) is 20.7. The third-order valence-electron chi connectivity index (χ3n) is 2.15. The van der Waals surface area contributed by atoms with Gasteiger partial charge in [0.1, 0.15) is 5.52 Å². The van der Waals surface area contributed by atoms with E-state index in [9.17, 15) is 4.79 Å². The lowest BCUT2D eigenvalue weighted by Gasteiger charge is -1.97. The highest BCUT2D eigenvalue weighted by atomic mass is 32.1. The summed E-state index contributed by atoms with van der Waals surface area (Å²) < 4.78 is 2.39. The Hall–Kier alpha value is -1.43. The number of aromatic amines is 2. The van der Waals surface area contributed by atoms with E-state index in [-0.39, 0.29) is 5.69 Å². The van der Waals surface area contributed by atoms with Crippen LogP contribution in [0.5, 0.6) is 0 Å². The van der Waals surface area contributed by atoms with Gasteiger partial charge in [0.05, 0.1) is 0 Å². The van der Waals surface area contributed by atoms with Crippen LogP contribution in [0, 0.1) is 11.7 Å². The van der Waals surface area contributed by atoms with E-state index in [0.29, 0.717) is 17.0 Å². The number of fused-ring (bicyclic) bond motifs is 1. The molecular formula is C8H10N4OS. The van der Waals surface area contributed by atoms with E-state index in [1.54, 1.807) is 4.57 Å². The van der Waals surface area contributed by atoms with E-state index < -0.39 is 0 Å². The van der Waals surface area contributed by atoms with Gasteiger partial charge >= 0.3 is 5.69 Å².